The van der Waals surface area contributed by atoms with Gasteiger partial charge in [0.1, 0.15) is 12.3 Å². The van der Waals surface area contributed by atoms with E-state index in [1.54, 1.807) is 7.11 Å². The third kappa shape index (κ3) is 2.16. The van der Waals surface area contributed by atoms with E-state index >= 15 is 0 Å². The minimum absolute atomic E-state index is 0.817. The quantitative estimate of drug-likeness (QED) is 0.723. The molecule has 3 nitrogen and oxygen atoms in total. The maximum absolute atomic E-state index is 5.46. The standard InChI is InChI=1S/C17H18N2O/c1-3-17-18-14-9-5-6-10-15(14)19(17)12-13-8-4-7-11-16(13)20-2/h4-11H,3,12H2,1-2H3/p+1. The minimum atomic E-state index is 0.817. The number of aromatic amines is 1. The van der Waals surface area contributed by atoms with Crippen LogP contribution in [0, 0.1) is 0 Å². The molecular weight excluding hydrogens is 248 g/mol. The van der Waals surface area contributed by atoms with Crippen LogP contribution in [0.1, 0.15) is 18.3 Å². The number of H-pyrrole nitrogens is 1. The number of fused-ring (bicyclic) bond motifs is 1. The van der Waals surface area contributed by atoms with Crippen LogP contribution in [0.3, 0.4) is 0 Å². The largest absolute Gasteiger partial charge is 0.496 e. The molecule has 0 saturated heterocycles. The van der Waals surface area contributed by atoms with Gasteiger partial charge in [-0.15, -0.1) is 0 Å². The van der Waals surface area contributed by atoms with Crippen molar-refractivity contribution in [1.82, 2.24) is 4.98 Å². The Balaban J connectivity index is 2.10. The fourth-order valence-corrected chi connectivity index (χ4v) is 2.65. The van der Waals surface area contributed by atoms with Crippen molar-refractivity contribution in [1.29, 1.82) is 0 Å². The van der Waals surface area contributed by atoms with Gasteiger partial charge in [0.2, 0.25) is 0 Å². The van der Waals surface area contributed by atoms with Crippen LogP contribution in [0.4, 0.5) is 0 Å². The van der Waals surface area contributed by atoms with E-state index in [0.29, 0.717) is 0 Å². The molecule has 3 rings (SSSR count). The topological polar surface area (TPSA) is 28.9 Å². The number of ether oxygens (including phenoxy) is 1. The average molecular weight is 267 g/mol. The molecule has 0 aliphatic rings. The molecule has 20 heavy (non-hydrogen) atoms. The fraction of sp³-hybridized carbons (Fsp3) is 0.235. The second-order valence-electron chi connectivity index (χ2n) is 4.84. The van der Waals surface area contributed by atoms with E-state index in [4.69, 9.17) is 4.74 Å². The van der Waals surface area contributed by atoms with Crippen LogP contribution >= 0.6 is 0 Å². The number of nitrogens with zero attached hydrogens (tertiary/aromatic N) is 1. The van der Waals surface area contributed by atoms with Crippen LogP contribution in [0.2, 0.25) is 0 Å². The number of benzene rings is 2. The number of nitrogens with one attached hydrogen (secondary N) is 1. The second kappa shape index (κ2) is 5.37. The second-order valence-corrected chi connectivity index (χ2v) is 4.84. The zero-order valence-electron chi connectivity index (χ0n) is 11.9. The third-order valence-electron chi connectivity index (χ3n) is 3.66. The van der Waals surface area contributed by atoms with Gasteiger partial charge in [-0.2, -0.15) is 0 Å². The highest BCUT2D eigenvalue weighted by molar-refractivity contribution is 5.71. The van der Waals surface area contributed by atoms with Gasteiger partial charge in [0.25, 0.3) is 5.82 Å². The van der Waals surface area contributed by atoms with Crippen molar-refractivity contribution < 1.29 is 9.30 Å². The smallest absolute Gasteiger partial charge is 0.255 e. The lowest BCUT2D eigenvalue weighted by molar-refractivity contribution is -0.669. The van der Waals surface area contributed by atoms with Gasteiger partial charge >= 0.3 is 0 Å². The van der Waals surface area contributed by atoms with Crippen molar-refractivity contribution >= 4 is 11.0 Å². The first-order chi connectivity index (χ1) is 9.83. The molecule has 102 valence electrons. The van der Waals surface area contributed by atoms with Gasteiger partial charge < -0.3 is 4.74 Å². The highest BCUT2D eigenvalue weighted by atomic mass is 16.5. The summed E-state index contributed by atoms with van der Waals surface area (Å²) in [6.07, 6.45) is 0.976. The predicted octanol–water partition coefficient (Wildman–Crippen LogP) is 3.07. The summed E-state index contributed by atoms with van der Waals surface area (Å²) in [5.41, 5.74) is 3.61. The van der Waals surface area contributed by atoms with Crippen molar-refractivity contribution in [3.05, 3.63) is 59.9 Å². The van der Waals surface area contributed by atoms with Crippen LogP contribution < -0.4 is 9.30 Å². The first kappa shape index (κ1) is 12.7. The highest BCUT2D eigenvalue weighted by Crippen LogP contribution is 2.18. The van der Waals surface area contributed by atoms with E-state index < -0.39 is 0 Å². The number of para-hydroxylation sites is 3. The van der Waals surface area contributed by atoms with Crippen LogP contribution in [0.5, 0.6) is 5.75 Å². The number of imidazole rings is 1. The molecule has 0 spiro atoms. The molecule has 0 radical (unpaired) electrons. The van der Waals surface area contributed by atoms with Gasteiger partial charge in [0, 0.05) is 12.0 Å². The molecule has 1 heterocycles. The van der Waals surface area contributed by atoms with E-state index in [2.05, 4.69) is 52.9 Å². The molecule has 0 unspecified atom stereocenters. The molecule has 2 aromatic carbocycles. The molecule has 0 aliphatic carbocycles. The zero-order chi connectivity index (χ0) is 13.9. The first-order valence-electron chi connectivity index (χ1n) is 6.94. The summed E-state index contributed by atoms with van der Waals surface area (Å²) in [6, 6.07) is 16.6. The normalized spacial score (nSPS) is 10.9. The Morgan fingerprint density at radius 2 is 1.80 bits per heavy atom. The van der Waals surface area contributed by atoms with Crippen molar-refractivity contribution in [3.63, 3.8) is 0 Å². The summed E-state index contributed by atoms with van der Waals surface area (Å²) in [6.45, 7) is 2.99. The van der Waals surface area contributed by atoms with Gasteiger partial charge in [-0.05, 0) is 18.2 Å². The number of methoxy groups -OCH3 is 1. The van der Waals surface area contributed by atoms with Gasteiger partial charge in [-0.1, -0.05) is 37.3 Å². The molecule has 0 amide bonds. The van der Waals surface area contributed by atoms with Crippen LogP contribution in [0.25, 0.3) is 11.0 Å². The number of aromatic nitrogens is 2. The van der Waals surface area contributed by atoms with Gasteiger partial charge in [0.05, 0.1) is 7.11 Å². The van der Waals surface area contributed by atoms with Crippen molar-refractivity contribution in [3.8, 4) is 5.75 Å². The molecule has 3 aromatic rings. The molecule has 1 aromatic heterocycles. The van der Waals surface area contributed by atoms with E-state index in [9.17, 15) is 0 Å². The first-order valence-corrected chi connectivity index (χ1v) is 6.94. The van der Waals surface area contributed by atoms with E-state index in [-0.39, 0.29) is 0 Å². The Labute approximate surface area is 118 Å². The van der Waals surface area contributed by atoms with E-state index in [0.717, 1.165) is 18.7 Å². The lowest BCUT2D eigenvalue weighted by Crippen LogP contribution is -2.37. The summed E-state index contributed by atoms with van der Waals surface area (Å²) in [7, 11) is 1.72. The molecular formula is C17H19N2O+. The van der Waals surface area contributed by atoms with E-state index in [1.807, 2.05) is 12.1 Å². The molecule has 0 saturated carbocycles. The van der Waals surface area contributed by atoms with Gasteiger partial charge in [-0.25, -0.2) is 9.55 Å². The van der Waals surface area contributed by atoms with Gasteiger partial charge in [-0.3, -0.25) is 0 Å². The zero-order valence-corrected chi connectivity index (χ0v) is 11.9. The van der Waals surface area contributed by atoms with Crippen LogP contribution in [-0.4, -0.2) is 12.1 Å². The van der Waals surface area contributed by atoms with Crippen molar-refractivity contribution in [2.45, 2.75) is 19.9 Å². The Kier molecular flexibility index (Phi) is 3.42. The molecule has 1 N–H and O–H groups in total. The molecule has 3 heteroatoms. The highest BCUT2D eigenvalue weighted by Gasteiger charge is 2.17. The Bertz CT molecular complexity index is 731. The van der Waals surface area contributed by atoms with Gasteiger partial charge in [0.15, 0.2) is 11.0 Å². The van der Waals surface area contributed by atoms with Crippen LogP contribution in [-0.2, 0) is 13.0 Å². The van der Waals surface area contributed by atoms with Crippen molar-refractivity contribution in [2.75, 3.05) is 7.11 Å². The Morgan fingerprint density at radius 3 is 2.60 bits per heavy atom. The number of aryl methyl sites for hydroxylation is 1. The summed E-state index contributed by atoms with van der Waals surface area (Å²) >= 11 is 0. The summed E-state index contributed by atoms with van der Waals surface area (Å²) in [4.78, 5) is 3.49. The third-order valence-corrected chi connectivity index (χ3v) is 3.66. The molecule has 0 atom stereocenters. The monoisotopic (exact) mass is 267 g/mol. The van der Waals surface area contributed by atoms with E-state index in [1.165, 1.54) is 22.4 Å². The predicted molar refractivity (Wildman–Crippen MR) is 80.0 cm³/mol. The lowest BCUT2D eigenvalue weighted by atomic mass is 10.2. The minimum Gasteiger partial charge on any atom is -0.496 e. The lowest BCUT2D eigenvalue weighted by Gasteiger charge is -2.07. The SMILES string of the molecule is CCc1[nH]c2ccccc2[n+]1Cc1ccccc1OC. The molecule has 0 aliphatic heterocycles. The average Bonchev–Trinajstić information content (AvgIpc) is 2.86. The maximum Gasteiger partial charge on any atom is 0.255 e. The van der Waals surface area contributed by atoms with Crippen LogP contribution in [0.15, 0.2) is 48.5 Å². The Hall–Kier alpha value is -2.29. The number of hydrogen-bond donors (Lipinski definition) is 1. The molecule has 0 bridgehead atoms. The summed E-state index contributed by atoms with van der Waals surface area (Å²) in [5.74, 6) is 2.17. The fourth-order valence-electron chi connectivity index (χ4n) is 2.65. The Morgan fingerprint density at radius 1 is 1.05 bits per heavy atom. The summed E-state index contributed by atoms with van der Waals surface area (Å²) in [5, 5.41) is 0. The summed E-state index contributed by atoms with van der Waals surface area (Å²) < 4.78 is 7.78. The van der Waals surface area contributed by atoms with Crippen molar-refractivity contribution in [2.24, 2.45) is 0 Å². The molecule has 0 fully saturated rings. The maximum atomic E-state index is 5.46. The number of hydrogen-bond acceptors (Lipinski definition) is 1. The number of rotatable bonds is 4.